The van der Waals surface area contributed by atoms with E-state index in [1.165, 1.54) is 11.9 Å². The third kappa shape index (κ3) is 3.65. The topological polar surface area (TPSA) is 56.1 Å². The Labute approximate surface area is 110 Å². The van der Waals surface area contributed by atoms with Crippen LogP contribution in [0.3, 0.4) is 0 Å². The first-order valence-electron chi connectivity index (χ1n) is 5.86. The molecule has 1 amide bonds. The van der Waals surface area contributed by atoms with Crippen LogP contribution in [0.5, 0.6) is 0 Å². The molecule has 0 saturated carbocycles. The van der Waals surface area contributed by atoms with E-state index >= 15 is 0 Å². The molecule has 0 fully saturated rings. The molecule has 0 unspecified atom stereocenters. The van der Waals surface area contributed by atoms with Crippen molar-refractivity contribution in [2.24, 2.45) is 0 Å². The lowest BCUT2D eigenvalue weighted by molar-refractivity contribution is 0.0797. The van der Waals surface area contributed by atoms with Crippen LogP contribution >= 0.6 is 0 Å². The number of anilines is 1. The lowest BCUT2D eigenvalue weighted by Gasteiger charge is -2.16. The van der Waals surface area contributed by atoms with E-state index < -0.39 is 17.5 Å². The van der Waals surface area contributed by atoms with Gasteiger partial charge in [0.25, 0.3) is 5.91 Å². The summed E-state index contributed by atoms with van der Waals surface area (Å²) in [4.78, 5) is 13.1. The van der Waals surface area contributed by atoms with Crippen LogP contribution in [-0.4, -0.2) is 30.9 Å². The summed E-state index contributed by atoms with van der Waals surface area (Å²) in [6, 6.07) is 3.89. The summed E-state index contributed by atoms with van der Waals surface area (Å²) in [5, 5.41) is 11.0. The van der Waals surface area contributed by atoms with Crippen LogP contribution in [0.1, 0.15) is 23.7 Å². The zero-order chi connectivity index (χ0) is 14.4. The number of carbonyl (C=O) groups excluding carboxylic acids is 1. The molecular weight excluding hydrogens is 252 g/mol. The molecule has 4 nitrogen and oxygen atoms in total. The first kappa shape index (κ1) is 14.9. The normalized spacial score (nSPS) is 9.84. The summed E-state index contributed by atoms with van der Waals surface area (Å²) in [6.45, 7) is 2.31. The molecular formula is C13H15F2N3O. The van der Waals surface area contributed by atoms with Gasteiger partial charge in [-0.3, -0.25) is 4.79 Å². The molecule has 1 N–H and O–H groups in total. The predicted octanol–water partition coefficient (Wildman–Crippen LogP) is 2.38. The molecule has 6 heteroatoms. The summed E-state index contributed by atoms with van der Waals surface area (Å²) >= 11 is 0. The van der Waals surface area contributed by atoms with E-state index in [1.807, 2.05) is 6.07 Å². The highest BCUT2D eigenvalue weighted by Crippen LogP contribution is 2.21. The molecule has 0 aliphatic carbocycles. The van der Waals surface area contributed by atoms with Gasteiger partial charge in [0.15, 0.2) is 0 Å². The van der Waals surface area contributed by atoms with E-state index in [1.54, 1.807) is 6.92 Å². The second-order valence-corrected chi connectivity index (χ2v) is 3.98. The minimum absolute atomic E-state index is 0.0721. The van der Waals surface area contributed by atoms with Crippen molar-refractivity contribution in [3.8, 4) is 6.07 Å². The fourth-order valence-electron chi connectivity index (χ4n) is 1.58. The molecule has 0 atom stereocenters. The molecule has 0 aliphatic rings. The van der Waals surface area contributed by atoms with Crippen molar-refractivity contribution in [1.29, 1.82) is 5.26 Å². The number of amides is 1. The molecule has 19 heavy (non-hydrogen) atoms. The van der Waals surface area contributed by atoms with E-state index in [0.717, 1.165) is 12.1 Å². The van der Waals surface area contributed by atoms with E-state index in [4.69, 9.17) is 5.26 Å². The number of rotatable bonds is 5. The monoisotopic (exact) mass is 267 g/mol. The van der Waals surface area contributed by atoms with Gasteiger partial charge >= 0.3 is 0 Å². The molecule has 0 aliphatic heterocycles. The molecule has 0 heterocycles. The van der Waals surface area contributed by atoms with Gasteiger partial charge in [-0.15, -0.1) is 0 Å². The van der Waals surface area contributed by atoms with Crippen LogP contribution in [0.25, 0.3) is 0 Å². The smallest absolute Gasteiger partial charge is 0.253 e. The highest BCUT2D eigenvalue weighted by Gasteiger charge is 2.17. The lowest BCUT2D eigenvalue weighted by atomic mass is 10.1. The van der Waals surface area contributed by atoms with Gasteiger partial charge in [-0.05, 0) is 19.1 Å². The maximum Gasteiger partial charge on any atom is 0.253 e. The molecule has 1 rings (SSSR count). The Hall–Kier alpha value is -2.16. The summed E-state index contributed by atoms with van der Waals surface area (Å²) in [6.07, 6.45) is 0.169. The number of nitriles is 1. The largest absolute Gasteiger partial charge is 0.381 e. The average Bonchev–Trinajstić information content (AvgIpc) is 2.39. The van der Waals surface area contributed by atoms with Crippen molar-refractivity contribution < 1.29 is 13.6 Å². The highest BCUT2D eigenvalue weighted by molar-refractivity contribution is 5.94. The number of carbonyl (C=O) groups is 1. The van der Waals surface area contributed by atoms with E-state index in [9.17, 15) is 13.6 Å². The fraction of sp³-hybridized carbons (Fsp3) is 0.385. The Morgan fingerprint density at radius 3 is 2.47 bits per heavy atom. The van der Waals surface area contributed by atoms with Gasteiger partial charge in [-0.1, -0.05) is 0 Å². The Morgan fingerprint density at radius 2 is 2.00 bits per heavy atom. The van der Waals surface area contributed by atoms with Gasteiger partial charge in [-0.25, -0.2) is 8.78 Å². The molecule has 0 spiro atoms. The molecule has 102 valence electrons. The van der Waals surface area contributed by atoms with Crippen molar-refractivity contribution in [2.75, 3.05) is 25.5 Å². The Kier molecular flexibility index (Phi) is 5.24. The predicted molar refractivity (Wildman–Crippen MR) is 67.7 cm³/mol. The van der Waals surface area contributed by atoms with Crippen LogP contribution in [0.4, 0.5) is 14.5 Å². The maximum atomic E-state index is 13.6. The highest BCUT2D eigenvalue weighted by atomic mass is 19.1. The Bertz CT molecular complexity index is 488. The van der Waals surface area contributed by atoms with Crippen LogP contribution in [0.15, 0.2) is 12.1 Å². The molecule has 0 aromatic heterocycles. The van der Waals surface area contributed by atoms with Gasteiger partial charge in [0.05, 0.1) is 12.5 Å². The molecule has 1 aromatic carbocycles. The second-order valence-electron chi connectivity index (χ2n) is 3.98. The van der Waals surface area contributed by atoms with E-state index in [0.29, 0.717) is 6.54 Å². The molecule has 0 bridgehead atoms. The second kappa shape index (κ2) is 6.69. The zero-order valence-corrected chi connectivity index (χ0v) is 10.8. The number of nitrogens with zero attached hydrogens (tertiary/aromatic N) is 2. The SMILES string of the molecule is CCNc1c(F)cc(C(=O)N(C)CCC#N)cc1F. The molecule has 1 aromatic rings. The quantitative estimate of drug-likeness (QED) is 0.891. The summed E-state index contributed by atoms with van der Waals surface area (Å²) < 4.78 is 27.3. The number of nitrogens with one attached hydrogen (secondary N) is 1. The summed E-state index contributed by atoms with van der Waals surface area (Å²) in [5.74, 6) is -2.13. The summed E-state index contributed by atoms with van der Waals surface area (Å²) in [5.41, 5.74) is -0.309. The van der Waals surface area contributed by atoms with Crippen molar-refractivity contribution >= 4 is 11.6 Å². The van der Waals surface area contributed by atoms with Crippen LogP contribution < -0.4 is 5.32 Å². The number of hydrogen-bond donors (Lipinski definition) is 1. The van der Waals surface area contributed by atoms with Crippen molar-refractivity contribution in [1.82, 2.24) is 4.90 Å². The number of benzene rings is 1. The first-order valence-corrected chi connectivity index (χ1v) is 5.86. The van der Waals surface area contributed by atoms with Crippen LogP contribution in [0.2, 0.25) is 0 Å². The Morgan fingerprint density at radius 1 is 1.42 bits per heavy atom. The van der Waals surface area contributed by atoms with E-state index in [2.05, 4.69) is 5.32 Å². The van der Waals surface area contributed by atoms with Crippen molar-refractivity contribution in [3.63, 3.8) is 0 Å². The van der Waals surface area contributed by atoms with Crippen LogP contribution in [-0.2, 0) is 0 Å². The van der Waals surface area contributed by atoms with Gasteiger partial charge in [0, 0.05) is 25.7 Å². The number of hydrogen-bond acceptors (Lipinski definition) is 3. The third-order valence-corrected chi connectivity index (χ3v) is 2.55. The van der Waals surface area contributed by atoms with Crippen LogP contribution in [0, 0.1) is 23.0 Å². The minimum Gasteiger partial charge on any atom is -0.381 e. The fourth-order valence-corrected chi connectivity index (χ4v) is 1.58. The molecule has 0 saturated heterocycles. The zero-order valence-electron chi connectivity index (χ0n) is 10.8. The molecule has 0 radical (unpaired) electrons. The lowest BCUT2D eigenvalue weighted by Crippen LogP contribution is -2.27. The van der Waals surface area contributed by atoms with Gasteiger partial charge in [0.2, 0.25) is 0 Å². The van der Waals surface area contributed by atoms with Gasteiger partial charge in [-0.2, -0.15) is 5.26 Å². The average molecular weight is 267 g/mol. The first-order chi connectivity index (χ1) is 9.01. The minimum atomic E-state index is -0.807. The van der Waals surface area contributed by atoms with E-state index in [-0.39, 0.29) is 24.2 Å². The van der Waals surface area contributed by atoms with Crippen molar-refractivity contribution in [2.45, 2.75) is 13.3 Å². The van der Waals surface area contributed by atoms with Gasteiger partial charge in [0.1, 0.15) is 17.3 Å². The van der Waals surface area contributed by atoms with Crippen molar-refractivity contribution in [3.05, 3.63) is 29.3 Å². The number of halogens is 2. The van der Waals surface area contributed by atoms with Gasteiger partial charge < -0.3 is 10.2 Å². The Balaban J connectivity index is 2.97. The standard InChI is InChI=1S/C13H15F2N3O/c1-3-17-12-10(14)7-9(8-11(12)15)13(19)18(2)6-4-5-16/h7-8,17H,3-4,6H2,1-2H3. The summed E-state index contributed by atoms with van der Waals surface area (Å²) in [7, 11) is 1.48. The maximum absolute atomic E-state index is 13.6. The third-order valence-electron chi connectivity index (χ3n) is 2.55.